The molecule has 1 fully saturated rings. The number of amides is 2. The molecule has 2 aromatic rings. The van der Waals surface area contributed by atoms with Crippen LogP contribution < -0.4 is 15.4 Å². The third-order valence-electron chi connectivity index (χ3n) is 4.64. The molecule has 2 heterocycles. The fourth-order valence-corrected chi connectivity index (χ4v) is 3.23. The summed E-state index contributed by atoms with van der Waals surface area (Å²) < 4.78 is 60.2. The van der Waals surface area contributed by atoms with Crippen LogP contribution >= 0.6 is 0 Å². The summed E-state index contributed by atoms with van der Waals surface area (Å²) >= 11 is 0. The molecular formula is C20H22F4N4O3. The van der Waals surface area contributed by atoms with Crippen LogP contribution in [0.2, 0.25) is 0 Å². The summed E-state index contributed by atoms with van der Waals surface area (Å²) in [6.07, 6.45) is -4.92. The average molecular weight is 442 g/mol. The maximum atomic E-state index is 14.1. The Morgan fingerprint density at radius 2 is 1.90 bits per heavy atom. The smallest absolute Gasteiger partial charge is 0.488 e. The van der Waals surface area contributed by atoms with Crippen molar-refractivity contribution >= 4 is 17.6 Å². The number of carbonyl (C=O) groups excluding carboxylic acids is 2. The van der Waals surface area contributed by atoms with Gasteiger partial charge in [-0.2, -0.15) is 4.68 Å². The molecule has 0 radical (unpaired) electrons. The second-order valence-electron chi connectivity index (χ2n) is 8.31. The number of nitrogens with zero attached hydrogens (tertiary/aromatic N) is 2. The van der Waals surface area contributed by atoms with E-state index in [-0.39, 0.29) is 34.3 Å². The van der Waals surface area contributed by atoms with E-state index >= 15 is 0 Å². The molecule has 3 rings (SSSR count). The largest absolute Gasteiger partial charge is 0.505 e. The number of hydrogen-bond donors (Lipinski definition) is 2. The van der Waals surface area contributed by atoms with E-state index in [2.05, 4.69) is 15.7 Å². The number of carbonyl (C=O) groups is 2. The number of hydrogen-bond acceptors (Lipinski definition) is 4. The molecule has 0 bridgehead atoms. The van der Waals surface area contributed by atoms with Gasteiger partial charge in [0.2, 0.25) is 11.8 Å². The van der Waals surface area contributed by atoms with Crippen molar-refractivity contribution in [1.29, 1.82) is 0 Å². The SMILES string of the molecule is C[C@H]1C(=O)NCC1C(=O)Nc1cc(-c2cc(F)cc(OC(C)(C)C)c2)n(C(F)(F)F)n1. The van der Waals surface area contributed by atoms with E-state index in [1.807, 2.05) is 0 Å². The molecular weight excluding hydrogens is 420 g/mol. The fourth-order valence-electron chi connectivity index (χ4n) is 3.23. The zero-order valence-electron chi connectivity index (χ0n) is 17.3. The standard InChI is InChI=1S/C20H22F4N4O3/c1-10-14(9-25-17(10)29)18(30)26-16-8-15(28(27-16)20(22,23)24)11-5-12(21)7-13(6-11)31-19(2,3)4/h5-8,10,14H,9H2,1-4H3,(H,25,29)(H,26,27,30)/t10-,14?/m1/s1. The average Bonchev–Trinajstić information content (AvgIpc) is 3.17. The Balaban J connectivity index is 1.97. The fraction of sp³-hybridized carbons (Fsp3) is 0.450. The van der Waals surface area contributed by atoms with Crippen LogP contribution in [0, 0.1) is 17.7 Å². The summed E-state index contributed by atoms with van der Waals surface area (Å²) in [5.41, 5.74) is -1.30. The van der Waals surface area contributed by atoms with Crippen molar-refractivity contribution in [3.05, 3.63) is 30.1 Å². The first-order valence-electron chi connectivity index (χ1n) is 9.50. The monoisotopic (exact) mass is 442 g/mol. The maximum absolute atomic E-state index is 14.1. The summed E-state index contributed by atoms with van der Waals surface area (Å²) in [7, 11) is 0. The molecule has 2 amide bonds. The Kier molecular flexibility index (Phi) is 5.72. The molecule has 1 aromatic carbocycles. The molecule has 0 aliphatic carbocycles. The Labute approximate surface area is 175 Å². The van der Waals surface area contributed by atoms with Crippen molar-refractivity contribution in [2.24, 2.45) is 11.8 Å². The Hall–Kier alpha value is -3.11. The van der Waals surface area contributed by atoms with Crippen LogP contribution in [0.25, 0.3) is 11.3 Å². The molecule has 1 unspecified atom stereocenters. The van der Waals surface area contributed by atoms with Gasteiger partial charge in [0.15, 0.2) is 5.82 Å². The Bertz CT molecular complexity index is 1010. The normalized spacial score (nSPS) is 19.3. The molecule has 11 heteroatoms. The zero-order valence-corrected chi connectivity index (χ0v) is 17.3. The van der Waals surface area contributed by atoms with Crippen LogP contribution in [-0.4, -0.2) is 33.7 Å². The lowest BCUT2D eigenvalue weighted by Crippen LogP contribution is -2.28. The van der Waals surface area contributed by atoms with E-state index < -0.39 is 41.2 Å². The molecule has 2 atom stereocenters. The van der Waals surface area contributed by atoms with Crippen molar-refractivity contribution in [1.82, 2.24) is 15.1 Å². The minimum atomic E-state index is -4.92. The highest BCUT2D eigenvalue weighted by Gasteiger charge is 2.38. The van der Waals surface area contributed by atoms with Crippen LogP contribution in [0.3, 0.4) is 0 Å². The number of aromatic nitrogens is 2. The number of nitrogens with one attached hydrogen (secondary N) is 2. The molecule has 1 aromatic heterocycles. The van der Waals surface area contributed by atoms with Crippen molar-refractivity contribution in [3.8, 4) is 17.0 Å². The van der Waals surface area contributed by atoms with Crippen LogP contribution in [0.15, 0.2) is 24.3 Å². The summed E-state index contributed by atoms with van der Waals surface area (Å²) in [5.74, 6) is -3.43. The molecule has 1 aliphatic heterocycles. The van der Waals surface area contributed by atoms with Crippen LogP contribution in [0.1, 0.15) is 27.7 Å². The summed E-state index contributed by atoms with van der Waals surface area (Å²) in [5, 5.41) is 8.28. The van der Waals surface area contributed by atoms with Crippen molar-refractivity contribution in [2.75, 3.05) is 11.9 Å². The Morgan fingerprint density at radius 3 is 2.45 bits per heavy atom. The topological polar surface area (TPSA) is 85.3 Å². The highest BCUT2D eigenvalue weighted by molar-refractivity contribution is 5.97. The van der Waals surface area contributed by atoms with Crippen LogP contribution in [-0.2, 0) is 15.9 Å². The predicted molar refractivity (Wildman–Crippen MR) is 104 cm³/mol. The molecule has 0 saturated carbocycles. The van der Waals surface area contributed by atoms with Gasteiger partial charge in [-0.1, -0.05) is 6.92 Å². The first-order chi connectivity index (χ1) is 14.2. The second kappa shape index (κ2) is 7.86. The molecule has 168 valence electrons. The molecule has 1 aliphatic rings. The summed E-state index contributed by atoms with van der Waals surface area (Å²) in [6.45, 7) is 6.78. The minimum absolute atomic E-state index is 0.0485. The van der Waals surface area contributed by atoms with Gasteiger partial charge < -0.3 is 15.4 Å². The van der Waals surface area contributed by atoms with Gasteiger partial charge in [0.05, 0.1) is 11.6 Å². The maximum Gasteiger partial charge on any atom is 0.505 e. The molecule has 2 N–H and O–H groups in total. The molecule has 0 spiro atoms. The molecule has 31 heavy (non-hydrogen) atoms. The Morgan fingerprint density at radius 1 is 1.23 bits per heavy atom. The van der Waals surface area contributed by atoms with Gasteiger partial charge in [0.25, 0.3) is 0 Å². The van der Waals surface area contributed by atoms with Gasteiger partial charge >= 0.3 is 6.30 Å². The third kappa shape index (κ3) is 5.15. The van der Waals surface area contributed by atoms with E-state index in [4.69, 9.17) is 4.74 Å². The van der Waals surface area contributed by atoms with Gasteiger partial charge in [-0.25, -0.2) is 4.39 Å². The zero-order chi connectivity index (χ0) is 23.1. The summed E-state index contributed by atoms with van der Waals surface area (Å²) in [6, 6.07) is 4.25. The van der Waals surface area contributed by atoms with Crippen molar-refractivity contribution < 1.29 is 31.9 Å². The van der Waals surface area contributed by atoms with Crippen LogP contribution in [0.5, 0.6) is 5.75 Å². The highest BCUT2D eigenvalue weighted by Crippen LogP contribution is 2.34. The minimum Gasteiger partial charge on any atom is -0.488 e. The molecule has 1 saturated heterocycles. The first-order valence-corrected chi connectivity index (χ1v) is 9.50. The van der Waals surface area contributed by atoms with Crippen molar-refractivity contribution in [3.63, 3.8) is 0 Å². The summed E-state index contributed by atoms with van der Waals surface area (Å²) in [4.78, 5) is 24.0. The van der Waals surface area contributed by atoms with Crippen LogP contribution in [0.4, 0.5) is 23.4 Å². The lowest BCUT2D eigenvalue weighted by Gasteiger charge is -2.22. The number of ether oxygens (including phenoxy) is 1. The van der Waals surface area contributed by atoms with E-state index in [0.717, 1.165) is 18.2 Å². The molecule has 7 nitrogen and oxygen atoms in total. The lowest BCUT2D eigenvalue weighted by molar-refractivity contribution is -0.210. The number of anilines is 1. The van der Waals surface area contributed by atoms with E-state index in [9.17, 15) is 27.2 Å². The van der Waals surface area contributed by atoms with Gasteiger partial charge in [0.1, 0.15) is 17.2 Å². The number of halogens is 4. The number of benzene rings is 1. The number of rotatable bonds is 4. The van der Waals surface area contributed by atoms with E-state index in [0.29, 0.717) is 0 Å². The predicted octanol–water partition coefficient (Wildman–Crippen LogP) is 3.66. The number of alkyl halides is 3. The van der Waals surface area contributed by atoms with E-state index in [1.54, 1.807) is 27.7 Å². The van der Waals surface area contributed by atoms with Gasteiger partial charge in [-0.15, -0.1) is 18.3 Å². The van der Waals surface area contributed by atoms with Gasteiger partial charge in [0, 0.05) is 30.2 Å². The van der Waals surface area contributed by atoms with Crippen molar-refractivity contribution in [2.45, 2.75) is 39.6 Å². The van der Waals surface area contributed by atoms with Gasteiger partial charge in [-0.3, -0.25) is 9.59 Å². The third-order valence-corrected chi connectivity index (χ3v) is 4.64. The lowest BCUT2D eigenvalue weighted by atomic mass is 9.97. The van der Waals surface area contributed by atoms with E-state index in [1.165, 1.54) is 6.07 Å². The first kappa shape index (κ1) is 22.6. The second-order valence-corrected chi connectivity index (χ2v) is 8.31. The highest BCUT2D eigenvalue weighted by atomic mass is 19.4. The quantitative estimate of drug-likeness (QED) is 0.708. The van der Waals surface area contributed by atoms with Gasteiger partial charge in [-0.05, 0) is 32.9 Å².